The molecule has 0 saturated heterocycles. The van der Waals surface area contributed by atoms with Gasteiger partial charge in [0.05, 0.1) is 10.6 Å². The second-order valence-corrected chi connectivity index (χ2v) is 9.69. The van der Waals surface area contributed by atoms with Crippen LogP contribution in [0.1, 0.15) is 40.2 Å². The number of hydrogen-bond acceptors (Lipinski definition) is 5. The summed E-state index contributed by atoms with van der Waals surface area (Å²) >= 11 is 6.07. The van der Waals surface area contributed by atoms with Crippen LogP contribution in [0.3, 0.4) is 0 Å². The highest BCUT2D eigenvalue weighted by Crippen LogP contribution is 2.21. The summed E-state index contributed by atoms with van der Waals surface area (Å²) in [5, 5.41) is 2.65. The average Bonchev–Trinajstić information content (AvgIpc) is 2.52. The molecule has 0 aromatic heterocycles. The summed E-state index contributed by atoms with van der Waals surface area (Å²) in [5.74, 6) is 0.310. The number of aliphatic imine (C=N–C) groups is 1. The van der Waals surface area contributed by atoms with Crippen molar-refractivity contribution in [1.29, 1.82) is 0 Å². The SMILES string of the molecule is CN(C)Cc1ccc(N=C(/C=C(\N)C(C)(C)C)NC(=O)OCC(C)(C)Cl)cc1. The molecule has 28 heavy (non-hydrogen) atoms. The van der Waals surface area contributed by atoms with Crippen molar-refractivity contribution in [2.75, 3.05) is 20.7 Å². The van der Waals surface area contributed by atoms with Gasteiger partial charge in [0, 0.05) is 23.7 Å². The lowest BCUT2D eigenvalue weighted by atomic mass is 9.92. The van der Waals surface area contributed by atoms with Crippen molar-refractivity contribution in [3.05, 3.63) is 41.6 Å². The number of hydrogen-bond donors (Lipinski definition) is 2. The Hall–Kier alpha value is -2.05. The predicted molar refractivity (Wildman–Crippen MR) is 117 cm³/mol. The summed E-state index contributed by atoms with van der Waals surface area (Å²) in [6, 6.07) is 7.80. The molecule has 1 amide bonds. The number of alkyl carbamates (subject to hydrolysis) is 1. The topological polar surface area (TPSA) is 80.0 Å². The van der Waals surface area contributed by atoms with Gasteiger partial charge >= 0.3 is 6.09 Å². The Balaban J connectivity index is 3.06. The van der Waals surface area contributed by atoms with Gasteiger partial charge in [-0.15, -0.1) is 11.6 Å². The van der Waals surface area contributed by atoms with E-state index < -0.39 is 11.0 Å². The molecular weight excluding hydrogens is 376 g/mol. The molecule has 0 spiro atoms. The number of nitrogens with zero attached hydrogens (tertiary/aromatic N) is 2. The van der Waals surface area contributed by atoms with Crippen LogP contribution in [-0.2, 0) is 11.3 Å². The number of allylic oxidation sites excluding steroid dienone is 1. The molecule has 0 heterocycles. The molecule has 0 aliphatic carbocycles. The Kier molecular flexibility index (Phi) is 8.51. The van der Waals surface area contributed by atoms with E-state index in [0.29, 0.717) is 17.2 Å². The Morgan fingerprint density at radius 1 is 1.21 bits per heavy atom. The summed E-state index contributed by atoms with van der Waals surface area (Å²) in [6.45, 7) is 10.4. The fraction of sp³-hybridized carbons (Fsp3) is 0.524. The van der Waals surface area contributed by atoms with Gasteiger partial charge in [-0.25, -0.2) is 9.79 Å². The maximum Gasteiger partial charge on any atom is 0.412 e. The van der Waals surface area contributed by atoms with Gasteiger partial charge in [-0.05, 0) is 45.6 Å². The van der Waals surface area contributed by atoms with Crippen molar-refractivity contribution in [2.24, 2.45) is 16.1 Å². The third-order valence-electron chi connectivity index (χ3n) is 3.62. The standard InChI is InChI=1S/C21H33ClN4O2/c1-20(2,3)17(23)12-18(25-19(27)28-14-21(4,5)22)24-16-10-8-15(9-11-16)13-26(6)7/h8-12H,13-14,23H2,1-7H3,(H,24,25,27)/b17-12-. The summed E-state index contributed by atoms with van der Waals surface area (Å²) in [4.78, 5) is 18.1. The second-order valence-electron chi connectivity index (χ2n) is 8.67. The van der Waals surface area contributed by atoms with Gasteiger partial charge in [-0.3, -0.25) is 5.32 Å². The van der Waals surface area contributed by atoms with Crippen molar-refractivity contribution in [2.45, 2.75) is 46.0 Å². The smallest absolute Gasteiger partial charge is 0.412 e. The van der Waals surface area contributed by atoms with E-state index in [4.69, 9.17) is 22.1 Å². The van der Waals surface area contributed by atoms with Gasteiger partial charge in [-0.2, -0.15) is 0 Å². The van der Waals surface area contributed by atoms with Gasteiger partial charge in [0.2, 0.25) is 0 Å². The summed E-state index contributed by atoms with van der Waals surface area (Å²) < 4.78 is 5.17. The molecule has 0 bridgehead atoms. The summed E-state index contributed by atoms with van der Waals surface area (Å²) in [7, 11) is 4.03. The first-order valence-electron chi connectivity index (χ1n) is 9.19. The minimum Gasteiger partial charge on any atom is -0.447 e. The van der Waals surface area contributed by atoms with Crippen LogP contribution in [0.25, 0.3) is 0 Å². The van der Waals surface area contributed by atoms with E-state index >= 15 is 0 Å². The number of nitrogens with two attached hydrogens (primary N) is 1. The second kappa shape index (κ2) is 9.94. The molecule has 1 aromatic rings. The van der Waals surface area contributed by atoms with Crippen LogP contribution < -0.4 is 11.1 Å². The van der Waals surface area contributed by atoms with Crippen molar-refractivity contribution in [3.8, 4) is 0 Å². The van der Waals surface area contributed by atoms with Crippen molar-refractivity contribution in [1.82, 2.24) is 10.2 Å². The van der Waals surface area contributed by atoms with Crippen LogP contribution in [0.4, 0.5) is 10.5 Å². The Morgan fingerprint density at radius 3 is 2.25 bits per heavy atom. The van der Waals surface area contributed by atoms with E-state index in [1.165, 1.54) is 5.56 Å². The fourth-order valence-electron chi connectivity index (χ4n) is 2.02. The molecule has 1 rings (SSSR count). The van der Waals surface area contributed by atoms with Gasteiger partial charge < -0.3 is 15.4 Å². The number of halogens is 1. The first kappa shape index (κ1) is 24.0. The first-order chi connectivity index (χ1) is 12.8. The number of ether oxygens (including phenoxy) is 1. The van der Waals surface area contributed by atoms with E-state index in [1.54, 1.807) is 19.9 Å². The molecule has 0 atom stereocenters. The van der Waals surface area contributed by atoms with Crippen LogP contribution in [-0.4, -0.2) is 42.4 Å². The molecule has 7 heteroatoms. The lowest BCUT2D eigenvalue weighted by Crippen LogP contribution is -2.34. The zero-order valence-corrected chi connectivity index (χ0v) is 18.7. The number of alkyl halides is 1. The number of carbonyl (C=O) groups excluding carboxylic acids is 1. The zero-order chi connectivity index (χ0) is 21.5. The maximum atomic E-state index is 12.1. The van der Waals surface area contributed by atoms with Crippen LogP contribution in [0, 0.1) is 5.41 Å². The molecule has 0 unspecified atom stereocenters. The normalized spacial score (nSPS) is 13.6. The molecule has 0 aliphatic rings. The lowest BCUT2D eigenvalue weighted by molar-refractivity contribution is 0.142. The number of amidine groups is 1. The number of rotatable bonds is 6. The number of nitrogens with one attached hydrogen (secondary N) is 1. The molecule has 0 saturated carbocycles. The van der Waals surface area contributed by atoms with Crippen molar-refractivity contribution in [3.63, 3.8) is 0 Å². The molecule has 1 aromatic carbocycles. The largest absolute Gasteiger partial charge is 0.447 e. The van der Waals surface area contributed by atoms with E-state index in [1.807, 2.05) is 59.1 Å². The van der Waals surface area contributed by atoms with Crippen molar-refractivity contribution >= 4 is 29.2 Å². The predicted octanol–water partition coefficient (Wildman–Crippen LogP) is 4.41. The van der Waals surface area contributed by atoms with E-state index in [2.05, 4.69) is 15.2 Å². The minimum absolute atomic E-state index is 0.0748. The van der Waals surface area contributed by atoms with Gasteiger partial charge in [-0.1, -0.05) is 32.9 Å². The van der Waals surface area contributed by atoms with E-state index in [0.717, 1.165) is 6.54 Å². The van der Waals surface area contributed by atoms with E-state index in [-0.39, 0.29) is 12.0 Å². The number of carbonyl (C=O) groups is 1. The van der Waals surface area contributed by atoms with Gasteiger partial charge in [0.25, 0.3) is 0 Å². The Morgan fingerprint density at radius 2 is 1.79 bits per heavy atom. The third-order valence-corrected chi connectivity index (χ3v) is 3.73. The van der Waals surface area contributed by atoms with Crippen LogP contribution >= 0.6 is 11.6 Å². The molecule has 0 fully saturated rings. The molecule has 0 radical (unpaired) electrons. The molecule has 0 aliphatic heterocycles. The van der Waals surface area contributed by atoms with Crippen LogP contribution in [0.15, 0.2) is 41.0 Å². The zero-order valence-electron chi connectivity index (χ0n) is 18.0. The summed E-state index contributed by atoms with van der Waals surface area (Å²) in [6.07, 6.45) is 1.02. The minimum atomic E-state index is -0.642. The molecule has 6 nitrogen and oxygen atoms in total. The average molecular weight is 409 g/mol. The monoisotopic (exact) mass is 408 g/mol. The Labute approximate surface area is 173 Å². The number of amides is 1. The third kappa shape index (κ3) is 9.76. The first-order valence-corrected chi connectivity index (χ1v) is 9.57. The molecule has 156 valence electrons. The fourth-order valence-corrected chi connectivity index (χ4v) is 2.07. The van der Waals surface area contributed by atoms with Crippen LogP contribution in [0.5, 0.6) is 0 Å². The quantitative estimate of drug-likeness (QED) is 0.415. The maximum absolute atomic E-state index is 12.1. The molecular formula is C21H33ClN4O2. The Bertz CT molecular complexity index is 711. The van der Waals surface area contributed by atoms with Gasteiger partial charge in [0.1, 0.15) is 12.4 Å². The van der Waals surface area contributed by atoms with Gasteiger partial charge in [0.15, 0.2) is 0 Å². The van der Waals surface area contributed by atoms with E-state index in [9.17, 15) is 4.79 Å². The van der Waals surface area contributed by atoms with Crippen molar-refractivity contribution < 1.29 is 9.53 Å². The highest BCUT2D eigenvalue weighted by Gasteiger charge is 2.18. The highest BCUT2D eigenvalue weighted by molar-refractivity contribution is 6.23. The highest BCUT2D eigenvalue weighted by atomic mass is 35.5. The lowest BCUT2D eigenvalue weighted by Gasteiger charge is -2.20. The number of benzene rings is 1. The molecule has 3 N–H and O–H groups in total. The van der Waals surface area contributed by atoms with Crippen LogP contribution in [0.2, 0.25) is 0 Å². The summed E-state index contributed by atoms with van der Waals surface area (Å²) in [5.41, 5.74) is 8.37.